The van der Waals surface area contributed by atoms with Gasteiger partial charge in [-0.05, 0) is 74.9 Å². The van der Waals surface area contributed by atoms with Crippen molar-refractivity contribution in [2.75, 3.05) is 11.5 Å². The molecule has 4 unspecified atom stereocenters. The van der Waals surface area contributed by atoms with Crippen LogP contribution in [0.25, 0.3) is 0 Å². The first-order valence-electron chi connectivity index (χ1n) is 9.72. The summed E-state index contributed by atoms with van der Waals surface area (Å²) in [7, 11) is 0. The number of ether oxygens (including phenoxy) is 1. The van der Waals surface area contributed by atoms with Crippen molar-refractivity contribution in [3.8, 4) is 0 Å². The van der Waals surface area contributed by atoms with Crippen LogP contribution in [0.3, 0.4) is 0 Å². The van der Waals surface area contributed by atoms with Gasteiger partial charge in [-0.2, -0.15) is 0 Å². The molecule has 0 spiro atoms. The molecule has 5 nitrogen and oxygen atoms in total. The summed E-state index contributed by atoms with van der Waals surface area (Å²) in [5.41, 5.74) is 27.9. The fourth-order valence-corrected chi connectivity index (χ4v) is 3.27. The average Bonchev–Trinajstić information content (AvgIpc) is 2.64. The lowest BCUT2D eigenvalue weighted by atomic mass is 10.00. The van der Waals surface area contributed by atoms with Gasteiger partial charge in [0.15, 0.2) is 0 Å². The Morgan fingerprint density at radius 1 is 0.704 bits per heavy atom. The van der Waals surface area contributed by atoms with E-state index in [0.717, 1.165) is 48.2 Å². The van der Waals surface area contributed by atoms with E-state index in [1.807, 2.05) is 48.5 Å². The van der Waals surface area contributed by atoms with E-state index in [0.29, 0.717) is 0 Å². The normalized spacial score (nSPS) is 15.9. The number of nitrogens with two attached hydrogens (primary N) is 4. The molecule has 5 heteroatoms. The van der Waals surface area contributed by atoms with Gasteiger partial charge in [-0.1, -0.05) is 24.3 Å². The van der Waals surface area contributed by atoms with E-state index in [1.165, 1.54) is 0 Å². The zero-order valence-electron chi connectivity index (χ0n) is 16.5. The number of hydrogen-bond donors (Lipinski definition) is 4. The number of rotatable bonds is 10. The molecule has 0 heterocycles. The second-order valence-corrected chi connectivity index (χ2v) is 7.47. The van der Waals surface area contributed by atoms with Gasteiger partial charge in [0.25, 0.3) is 0 Å². The molecule has 0 amide bonds. The summed E-state index contributed by atoms with van der Waals surface area (Å²) in [6, 6.07) is 15.5. The van der Waals surface area contributed by atoms with Gasteiger partial charge in [0.1, 0.15) is 0 Å². The zero-order valence-corrected chi connectivity index (χ0v) is 16.5. The Bertz CT molecular complexity index is 647. The van der Waals surface area contributed by atoms with Crippen molar-refractivity contribution in [1.29, 1.82) is 0 Å². The van der Waals surface area contributed by atoms with Gasteiger partial charge in [-0.25, -0.2) is 0 Å². The topological polar surface area (TPSA) is 113 Å². The van der Waals surface area contributed by atoms with Crippen LogP contribution in [-0.2, 0) is 4.74 Å². The molecule has 0 bridgehead atoms. The molecule has 4 atom stereocenters. The maximum absolute atomic E-state index is 6.28. The summed E-state index contributed by atoms with van der Waals surface area (Å²) in [5.74, 6) is 0. The predicted molar refractivity (Wildman–Crippen MR) is 114 cm³/mol. The lowest BCUT2D eigenvalue weighted by molar-refractivity contribution is -0.00337. The predicted octanol–water partition coefficient (Wildman–Crippen LogP) is 3.90. The SMILES string of the molecule is CC(CCC(N)c1cccc(N)c1)OC(C)CCC(N)c1cccc(N)c1. The van der Waals surface area contributed by atoms with Crippen molar-refractivity contribution in [1.82, 2.24) is 0 Å². The molecular formula is C22H34N4O. The largest absolute Gasteiger partial charge is 0.399 e. The molecule has 2 rings (SSSR count). The van der Waals surface area contributed by atoms with Gasteiger partial charge in [-0.15, -0.1) is 0 Å². The number of hydrogen-bond acceptors (Lipinski definition) is 5. The van der Waals surface area contributed by atoms with Crippen LogP contribution in [0.2, 0.25) is 0 Å². The number of benzene rings is 2. The molecule has 8 N–H and O–H groups in total. The standard InChI is InChI=1S/C22H34N4O/c1-15(9-11-21(25)17-5-3-7-19(23)13-17)27-16(2)10-12-22(26)18-6-4-8-20(24)14-18/h3-8,13-16,21-22H,9-12,23-26H2,1-2H3. The number of anilines is 2. The smallest absolute Gasteiger partial charge is 0.0551 e. The fraction of sp³-hybridized carbons (Fsp3) is 0.455. The van der Waals surface area contributed by atoms with Crippen LogP contribution in [0.4, 0.5) is 11.4 Å². The molecule has 2 aromatic carbocycles. The van der Waals surface area contributed by atoms with Crippen LogP contribution in [-0.4, -0.2) is 12.2 Å². The Balaban J connectivity index is 1.71. The van der Waals surface area contributed by atoms with Gasteiger partial charge in [0.05, 0.1) is 12.2 Å². The van der Waals surface area contributed by atoms with Crippen LogP contribution < -0.4 is 22.9 Å². The molecule has 0 aliphatic rings. The van der Waals surface area contributed by atoms with Crippen molar-refractivity contribution in [3.63, 3.8) is 0 Å². The minimum Gasteiger partial charge on any atom is -0.399 e. The van der Waals surface area contributed by atoms with Crippen LogP contribution >= 0.6 is 0 Å². The molecule has 0 aliphatic heterocycles. The van der Waals surface area contributed by atoms with E-state index in [1.54, 1.807) is 0 Å². The molecule has 0 saturated heterocycles. The van der Waals surface area contributed by atoms with Crippen molar-refractivity contribution in [2.24, 2.45) is 11.5 Å². The van der Waals surface area contributed by atoms with Crippen LogP contribution in [0, 0.1) is 0 Å². The Morgan fingerprint density at radius 3 is 1.48 bits per heavy atom. The maximum atomic E-state index is 6.28. The minimum atomic E-state index is -0.0215. The highest BCUT2D eigenvalue weighted by molar-refractivity contribution is 5.42. The van der Waals surface area contributed by atoms with E-state index in [-0.39, 0.29) is 24.3 Å². The molecule has 0 aliphatic carbocycles. The highest BCUT2D eigenvalue weighted by Crippen LogP contribution is 2.22. The highest BCUT2D eigenvalue weighted by atomic mass is 16.5. The van der Waals surface area contributed by atoms with Crippen molar-refractivity contribution in [3.05, 3.63) is 59.7 Å². The van der Waals surface area contributed by atoms with Gasteiger partial charge >= 0.3 is 0 Å². The van der Waals surface area contributed by atoms with Crippen molar-refractivity contribution in [2.45, 2.75) is 63.8 Å². The molecular weight excluding hydrogens is 336 g/mol. The first kappa shape index (κ1) is 21.2. The third-order valence-electron chi connectivity index (χ3n) is 4.91. The molecule has 0 aromatic heterocycles. The quantitative estimate of drug-likeness (QED) is 0.474. The van der Waals surface area contributed by atoms with Crippen molar-refractivity contribution >= 4 is 11.4 Å². The second-order valence-electron chi connectivity index (χ2n) is 7.47. The summed E-state index contributed by atoms with van der Waals surface area (Å²) in [6.07, 6.45) is 3.83. The summed E-state index contributed by atoms with van der Waals surface area (Å²) in [4.78, 5) is 0. The Kier molecular flexibility index (Phi) is 8.10. The summed E-state index contributed by atoms with van der Waals surface area (Å²) >= 11 is 0. The van der Waals surface area contributed by atoms with E-state index >= 15 is 0 Å². The molecule has 0 radical (unpaired) electrons. The highest BCUT2D eigenvalue weighted by Gasteiger charge is 2.14. The lowest BCUT2D eigenvalue weighted by Gasteiger charge is -2.22. The van der Waals surface area contributed by atoms with E-state index < -0.39 is 0 Å². The zero-order chi connectivity index (χ0) is 19.8. The molecule has 0 saturated carbocycles. The van der Waals surface area contributed by atoms with E-state index in [9.17, 15) is 0 Å². The van der Waals surface area contributed by atoms with Crippen LogP contribution in [0.15, 0.2) is 48.5 Å². The second kappa shape index (κ2) is 10.3. The summed E-state index contributed by atoms with van der Waals surface area (Å²) < 4.78 is 6.11. The molecule has 0 fully saturated rings. The molecule has 148 valence electrons. The first-order chi connectivity index (χ1) is 12.8. The first-order valence-corrected chi connectivity index (χ1v) is 9.72. The van der Waals surface area contributed by atoms with E-state index in [2.05, 4.69) is 13.8 Å². The third-order valence-corrected chi connectivity index (χ3v) is 4.91. The van der Waals surface area contributed by atoms with Crippen LogP contribution in [0.5, 0.6) is 0 Å². The Hall–Kier alpha value is -2.08. The fourth-order valence-electron chi connectivity index (χ4n) is 3.27. The molecule has 27 heavy (non-hydrogen) atoms. The summed E-state index contributed by atoms with van der Waals surface area (Å²) in [6.45, 7) is 4.20. The van der Waals surface area contributed by atoms with Crippen LogP contribution in [0.1, 0.15) is 62.7 Å². The van der Waals surface area contributed by atoms with Gasteiger partial charge in [0, 0.05) is 23.5 Å². The lowest BCUT2D eigenvalue weighted by Crippen LogP contribution is -2.21. The minimum absolute atomic E-state index is 0.0215. The van der Waals surface area contributed by atoms with E-state index in [4.69, 9.17) is 27.7 Å². The summed E-state index contributed by atoms with van der Waals surface area (Å²) in [5, 5.41) is 0. The van der Waals surface area contributed by atoms with Crippen molar-refractivity contribution < 1.29 is 4.74 Å². The van der Waals surface area contributed by atoms with Gasteiger partial charge in [0.2, 0.25) is 0 Å². The van der Waals surface area contributed by atoms with Gasteiger partial charge in [-0.3, -0.25) is 0 Å². The maximum Gasteiger partial charge on any atom is 0.0551 e. The Morgan fingerprint density at radius 2 is 1.11 bits per heavy atom. The van der Waals surface area contributed by atoms with Gasteiger partial charge < -0.3 is 27.7 Å². The number of nitrogen functional groups attached to an aromatic ring is 2. The molecule has 2 aromatic rings. The monoisotopic (exact) mass is 370 g/mol. The average molecular weight is 371 g/mol. The third kappa shape index (κ3) is 7.21. The Labute approximate surface area is 163 Å².